The van der Waals surface area contributed by atoms with Gasteiger partial charge in [-0.2, -0.15) is 9.57 Å². The van der Waals surface area contributed by atoms with Crippen molar-refractivity contribution in [1.82, 2.24) is 4.31 Å². The number of rotatable bonds is 6. The van der Waals surface area contributed by atoms with Crippen molar-refractivity contribution in [3.8, 4) is 6.07 Å². The van der Waals surface area contributed by atoms with Crippen LogP contribution in [-0.4, -0.2) is 44.3 Å². The van der Waals surface area contributed by atoms with E-state index in [1.165, 1.54) is 4.31 Å². The number of ether oxygens (including phenoxy) is 1. The van der Waals surface area contributed by atoms with Crippen molar-refractivity contribution in [3.05, 3.63) is 0 Å². The Morgan fingerprint density at radius 1 is 1.56 bits per heavy atom. The number of nitrogens with zero attached hydrogens (tertiary/aromatic N) is 2. The van der Waals surface area contributed by atoms with Crippen LogP contribution < -0.4 is 0 Å². The van der Waals surface area contributed by atoms with Gasteiger partial charge in [-0.3, -0.25) is 0 Å². The van der Waals surface area contributed by atoms with Gasteiger partial charge in [0.2, 0.25) is 10.0 Å². The maximum Gasteiger partial charge on any atom is 0.215 e. The van der Waals surface area contributed by atoms with E-state index in [0.717, 1.165) is 19.4 Å². The van der Waals surface area contributed by atoms with Crippen molar-refractivity contribution in [3.63, 3.8) is 0 Å². The van der Waals surface area contributed by atoms with E-state index in [4.69, 9.17) is 10.00 Å². The monoisotopic (exact) mass is 246 g/mol. The molecule has 0 saturated carbocycles. The highest BCUT2D eigenvalue weighted by atomic mass is 32.2. The Morgan fingerprint density at radius 3 is 2.81 bits per heavy atom. The second kappa shape index (κ2) is 6.18. The zero-order chi connectivity index (χ0) is 12.0. The van der Waals surface area contributed by atoms with Gasteiger partial charge in [-0.25, -0.2) is 8.42 Å². The van der Waals surface area contributed by atoms with Crippen LogP contribution in [0.25, 0.3) is 0 Å². The largest absolute Gasteiger partial charge is 0.378 e. The summed E-state index contributed by atoms with van der Waals surface area (Å²) in [6, 6.07) is 1.87. The fourth-order valence-corrected chi connectivity index (χ4v) is 3.23. The maximum absolute atomic E-state index is 11.8. The molecule has 1 fully saturated rings. The average molecular weight is 246 g/mol. The lowest BCUT2D eigenvalue weighted by Crippen LogP contribution is -2.34. The van der Waals surface area contributed by atoms with Crippen molar-refractivity contribution in [1.29, 1.82) is 5.26 Å². The third-order valence-electron chi connectivity index (χ3n) is 2.71. The van der Waals surface area contributed by atoms with Crippen LogP contribution in [0.15, 0.2) is 0 Å². The van der Waals surface area contributed by atoms with Crippen LogP contribution in [-0.2, 0) is 14.8 Å². The Kier molecular flexibility index (Phi) is 5.19. The molecule has 0 aliphatic carbocycles. The van der Waals surface area contributed by atoms with Crippen LogP contribution in [0.1, 0.15) is 26.2 Å². The highest BCUT2D eigenvalue weighted by Crippen LogP contribution is 2.16. The minimum Gasteiger partial charge on any atom is -0.378 e. The molecule has 0 radical (unpaired) electrons. The molecular weight excluding hydrogens is 228 g/mol. The Balaban J connectivity index is 2.46. The van der Waals surface area contributed by atoms with Crippen LogP contribution in [0.3, 0.4) is 0 Å². The molecule has 0 aromatic heterocycles. The fraction of sp³-hybridized carbons (Fsp3) is 0.900. The van der Waals surface area contributed by atoms with Crippen molar-refractivity contribution >= 4 is 10.0 Å². The molecule has 5 nitrogen and oxygen atoms in total. The van der Waals surface area contributed by atoms with Gasteiger partial charge in [0, 0.05) is 13.2 Å². The molecule has 0 N–H and O–H groups in total. The molecule has 0 aromatic carbocycles. The average Bonchev–Trinajstić information content (AvgIpc) is 2.75. The zero-order valence-electron chi connectivity index (χ0n) is 9.55. The first-order chi connectivity index (χ1) is 7.60. The number of nitriles is 1. The van der Waals surface area contributed by atoms with Gasteiger partial charge in [0.1, 0.15) is 6.54 Å². The third-order valence-corrected chi connectivity index (χ3v) is 4.64. The molecule has 1 aliphatic heterocycles. The maximum atomic E-state index is 11.8. The second-order valence-electron chi connectivity index (χ2n) is 3.82. The molecular formula is C10H18N2O3S. The first-order valence-electron chi connectivity index (χ1n) is 5.56. The molecule has 1 rings (SSSR count). The number of hydrogen-bond donors (Lipinski definition) is 0. The van der Waals surface area contributed by atoms with Gasteiger partial charge in [0.15, 0.2) is 0 Å². The van der Waals surface area contributed by atoms with E-state index in [0.29, 0.717) is 13.0 Å². The van der Waals surface area contributed by atoms with Crippen molar-refractivity contribution < 1.29 is 13.2 Å². The van der Waals surface area contributed by atoms with E-state index in [9.17, 15) is 8.42 Å². The van der Waals surface area contributed by atoms with Gasteiger partial charge in [-0.15, -0.1) is 0 Å². The molecule has 0 aromatic rings. The molecule has 1 unspecified atom stereocenters. The minimum absolute atomic E-state index is 0.0651. The van der Waals surface area contributed by atoms with Crippen molar-refractivity contribution in [2.24, 2.45) is 0 Å². The van der Waals surface area contributed by atoms with Gasteiger partial charge in [0.05, 0.1) is 17.9 Å². The molecule has 16 heavy (non-hydrogen) atoms. The van der Waals surface area contributed by atoms with Crippen LogP contribution in [0, 0.1) is 11.3 Å². The second-order valence-corrected chi connectivity index (χ2v) is 5.91. The van der Waals surface area contributed by atoms with Gasteiger partial charge in [-0.1, -0.05) is 6.92 Å². The lowest BCUT2D eigenvalue weighted by molar-refractivity contribution is 0.108. The highest BCUT2D eigenvalue weighted by molar-refractivity contribution is 7.89. The van der Waals surface area contributed by atoms with E-state index >= 15 is 0 Å². The van der Waals surface area contributed by atoms with E-state index < -0.39 is 10.0 Å². The Bertz CT molecular complexity index is 342. The van der Waals surface area contributed by atoms with E-state index in [-0.39, 0.29) is 18.4 Å². The Morgan fingerprint density at radius 2 is 2.31 bits per heavy atom. The van der Waals surface area contributed by atoms with Crippen LogP contribution >= 0.6 is 0 Å². The topological polar surface area (TPSA) is 70.4 Å². The summed E-state index contributed by atoms with van der Waals surface area (Å²) in [5.41, 5.74) is 0. The molecule has 1 aliphatic rings. The van der Waals surface area contributed by atoms with Gasteiger partial charge < -0.3 is 4.74 Å². The lowest BCUT2D eigenvalue weighted by Gasteiger charge is -2.18. The van der Waals surface area contributed by atoms with Gasteiger partial charge in [-0.05, 0) is 19.3 Å². The summed E-state index contributed by atoms with van der Waals surface area (Å²) < 4.78 is 30.2. The minimum atomic E-state index is -3.29. The van der Waals surface area contributed by atoms with E-state index in [1.54, 1.807) is 6.92 Å². The summed E-state index contributed by atoms with van der Waals surface area (Å²) in [7, 11) is -3.29. The predicted molar refractivity (Wildman–Crippen MR) is 60.2 cm³/mol. The SMILES string of the molecule is CCN(CC#N)S(=O)(=O)CCC1CCCO1. The molecule has 1 atom stereocenters. The summed E-state index contributed by atoms with van der Waals surface area (Å²) in [6.45, 7) is 2.76. The number of sulfonamides is 1. The summed E-state index contributed by atoms with van der Waals surface area (Å²) in [6.07, 6.45) is 2.57. The van der Waals surface area contributed by atoms with E-state index in [1.807, 2.05) is 6.07 Å². The molecule has 1 saturated heterocycles. The third kappa shape index (κ3) is 3.74. The molecule has 1 heterocycles. The van der Waals surface area contributed by atoms with Gasteiger partial charge in [0.25, 0.3) is 0 Å². The molecule has 0 spiro atoms. The molecule has 6 heteroatoms. The fourth-order valence-electron chi connectivity index (χ4n) is 1.77. The summed E-state index contributed by atoms with van der Waals surface area (Å²) >= 11 is 0. The van der Waals surface area contributed by atoms with Crippen LogP contribution in [0.5, 0.6) is 0 Å². The standard InChI is InChI=1S/C10H18N2O3S/c1-2-12(7-6-11)16(13,14)9-5-10-4-3-8-15-10/h10H,2-5,7-9H2,1H3. The smallest absolute Gasteiger partial charge is 0.215 e. The first kappa shape index (κ1) is 13.4. The van der Waals surface area contributed by atoms with Crippen LogP contribution in [0.2, 0.25) is 0 Å². The van der Waals surface area contributed by atoms with Crippen LogP contribution in [0.4, 0.5) is 0 Å². The highest BCUT2D eigenvalue weighted by Gasteiger charge is 2.23. The van der Waals surface area contributed by atoms with Gasteiger partial charge >= 0.3 is 0 Å². The predicted octanol–water partition coefficient (Wildman–Crippen LogP) is 0.731. The van der Waals surface area contributed by atoms with Crippen molar-refractivity contribution in [2.45, 2.75) is 32.3 Å². The number of hydrogen-bond acceptors (Lipinski definition) is 4. The summed E-state index contributed by atoms with van der Waals surface area (Å²) in [4.78, 5) is 0. The Labute approximate surface area is 97.0 Å². The normalized spacial score (nSPS) is 21.2. The molecule has 92 valence electrons. The Hall–Kier alpha value is -0.640. The molecule has 0 amide bonds. The van der Waals surface area contributed by atoms with Crippen molar-refractivity contribution in [2.75, 3.05) is 25.4 Å². The zero-order valence-corrected chi connectivity index (χ0v) is 10.4. The summed E-state index contributed by atoms with van der Waals surface area (Å²) in [5.74, 6) is 0.0766. The summed E-state index contributed by atoms with van der Waals surface area (Å²) in [5, 5.41) is 8.53. The quantitative estimate of drug-likeness (QED) is 0.648. The molecule has 0 bridgehead atoms. The lowest BCUT2D eigenvalue weighted by atomic mass is 10.2. The van der Waals surface area contributed by atoms with E-state index in [2.05, 4.69) is 0 Å². The first-order valence-corrected chi connectivity index (χ1v) is 7.17.